The number of hydrogen-bond donors (Lipinski definition) is 2. The Balaban J connectivity index is 1.51. The highest BCUT2D eigenvalue weighted by molar-refractivity contribution is 7.16. The zero-order valence-electron chi connectivity index (χ0n) is 14.1. The molecule has 0 atom stereocenters. The lowest BCUT2D eigenvalue weighted by molar-refractivity contribution is 0.122. The van der Waals surface area contributed by atoms with E-state index >= 15 is 0 Å². The number of H-pyrrole nitrogens is 2. The Hall–Kier alpha value is -2.09. The number of pyridine rings is 1. The molecule has 1 aliphatic heterocycles. The van der Waals surface area contributed by atoms with Gasteiger partial charge in [0, 0.05) is 29.9 Å². The summed E-state index contributed by atoms with van der Waals surface area (Å²) in [6.45, 7) is 3.04. The van der Waals surface area contributed by atoms with E-state index in [2.05, 4.69) is 20.1 Å². The van der Waals surface area contributed by atoms with Crippen LogP contribution in [0.4, 0.5) is 5.69 Å². The van der Waals surface area contributed by atoms with Crippen LogP contribution in [0.2, 0.25) is 4.34 Å². The molecule has 4 rings (SSSR count). The van der Waals surface area contributed by atoms with Crippen LogP contribution in [0, 0.1) is 0 Å². The van der Waals surface area contributed by atoms with E-state index in [1.54, 1.807) is 17.5 Å². The molecule has 0 radical (unpaired) electrons. The first-order chi connectivity index (χ1) is 12.7. The zero-order valence-corrected chi connectivity index (χ0v) is 15.7. The fourth-order valence-corrected chi connectivity index (χ4v) is 4.13. The number of anilines is 1. The van der Waals surface area contributed by atoms with Crippen LogP contribution in [0.25, 0.3) is 11.3 Å². The lowest BCUT2D eigenvalue weighted by Crippen LogP contribution is -2.36. The number of rotatable bonds is 5. The van der Waals surface area contributed by atoms with Crippen LogP contribution < -0.4 is 10.5 Å². The summed E-state index contributed by atoms with van der Waals surface area (Å²) in [5, 5.41) is 7.38. The number of nitrogens with one attached hydrogen (secondary N) is 2. The lowest BCUT2D eigenvalue weighted by Gasteiger charge is -2.28. The summed E-state index contributed by atoms with van der Waals surface area (Å²) >= 11 is 7.56. The van der Waals surface area contributed by atoms with Gasteiger partial charge in [-0.1, -0.05) is 11.6 Å². The zero-order chi connectivity index (χ0) is 17.9. The Morgan fingerprint density at radius 1 is 1.23 bits per heavy atom. The van der Waals surface area contributed by atoms with Crippen LogP contribution in [-0.4, -0.2) is 41.5 Å². The van der Waals surface area contributed by atoms with Crippen LogP contribution >= 0.6 is 22.9 Å². The van der Waals surface area contributed by atoms with E-state index in [1.807, 2.05) is 24.3 Å². The molecule has 8 heteroatoms. The van der Waals surface area contributed by atoms with Gasteiger partial charge in [0.05, 0.1) is 34.5 Å². The van der Waals surface area contributed by atoms with Crippen molar-refractivity contribution in [3.8, 4) is 11.3 Å². The summed E-state index contributed by atoms with van der Waals surface area (Å²) in [4.78, 5) is 18.5. The summed E-state index contributed by atoms with van der Waals surface area (Å²) in [7, 11) is 0. The van der Waals surface area contributed by atoms with Crippen LogP contribution in [-0.2, 0) is 17.6 Å². The monoisotopic (exact) mass is 390 g/mol. The Kier molecular flexibility index (Phi) is 5.10. The van der Waals surface area contributed by atoms with Crippen molar-refractivity contribution in [2.24, 2.45) is 0 Å². The first-order valence-corrected chi connectivity index (χ1v) is 9.73. The smallest absolute Gasteiger partial charge is 0.257 e. The van der Waals surface area contributed by atoms with Gasteiger partial charge in [0.25, 0.3) is 5.56 Å². The topological polar surface area (TPSA) is 74.0 Å². The number of aromatic amines is 2. The van der Waals surface area contributed by atoms with Crippen LogP contribution in [0.5, 0.6) is 0 Å². The highest BCUT2D eigenvalue weighted by Crippen LogP contribution is 2.24. The normalized spacial score (nSPS) is 14.7. The van der Waals surface area contributed by atoms with Crippen molar-refractivity contribution >= 4 is 28.6 Å². The molecule has 26 heavy (non-hydrogen) atoms. The minimum Gasteiger partial charge on any atom is -0.378 e. The van der Waals surface area contributed by atoms with Gasteiger partial charge in [0.1, 0.15) is 0 Å². The summed E-state index contributed by atoms with van der Waals surface area (Å²) in [5.74, 6) is 0. The highest BCUT2D eigenvalue weighted by Gasteiger charge is 2.15. The lowest BCUT2D eigenvalue weighted by atomic mass is 10.1. The average Bonchev–Trinajstić information content (AvgIpc) is 3.30. The third-order valence-corrected chi connectivity index (χ3v) is 5.73. The van der Waals surface area contributed by atoms with E-state index in [4.69, 9.17) is 16.3 Å². The standard InChI is InChI=1S/C18H19ClN4O2S/c19-17-4-3-14(26-17)2-1-12-9-16(22-21-12)15-10-13(11-20-18(15)24)23-5-7-25-8-6-23/h3-4,9-11H,1-2,5-8H2,(H,20,24)(H,21,22). The summed E-state index contributed by atoms with van der Waals surface area (Å²) in [6.07, 6.45) is 3.47. The number of nitrogens with zero attached hydrogens (tertiary/aromatic N) is 2. The second kappa shape index (κ2) is 7.65. The number of hydrogen-bond acceptors (Lipinski definition) is 5. The molecular formula is C18H19ClN4O2S. The van der Waals surface area contributed by atoms with Gasteiger partial charge in [0.15, 0.2) is 0 Å². The molecule has 0 amide bonds. The van der Waals surface area contributed by atoms with Gasteiger partial charge in [-0.05, 0) is 37.1 Å². The van der Waals surface area contributed by atoms with E-state index in [-0.39, 0.29) is 5.56 Å². The Morgan fingerprint density at radius 3 is 2.85 bits per heavy atom. The molecule has 4 heterocycles. The van der Waals surface area contributed by atoms with E-state index in [0.717, 1.165) is 41.6 Å². The quantitative estimate of drug-likeness (QED) is 0.702. The van der Waals surface area contributed by atoms with Gasteiger partial charge in [-0.2, -0.15) is 5.10 Å². The molecule has 1 fully saturated rings. The van der Waals surface area contributed by atoms with Gasteiger partial charge in [0.2, 0.25) is 0 Å². The second-order valence-corrected chi connectivity index (χ2v) is 7.98. The third-order valence-electron chi connectivity index (χ3n) is 4.44. The average molecular weight is 391 g/mol. The number of aromatic nitrogens is 3. The first kappa shape index (κ1) is 17.3. The molecule has 0 aromatic carbocycles. The Labute approximate surface area is 159 Å². The fourth-order valence-electron chi connectivity index (χ4n) is 3.04. The maximum absolute atomic E-state index is 12.3. The molecule has 0 bridgehead atoms. The van der Waals surface area contributed by atoms with Crippen molar-refractivity contribution < 1.29 is 4.74 Å². The van der Waals surface area contributed by atoms with Gasteiger partial charge >= 0.3 is 0 Å². The highest BCUT2D eigenvalue weighted by atomic mass is 35.5. The maximum Gasteiger partial charge on any atom is 0.257 e. The predicted molar refractivity (Wildman–Crippen MR) is 104 cm³/mol. The van der Waals surface area contributed by atoms with E-state index in [1.165, 1.54) is 4.88 Å². The molecule has 136 valence electrons. The molecule has 0 unspecified atom stereocenters. The van der Waals surface area contributed by atoms with Crippen molar-refractivity contribution in [3.05, 3.63) is 55.7 Å². The third kappa shape index (κ3) is 3.85. The molecule has 2 N–H and O–H groups in total. The Morgan fingerprint density at radius 2 is 2.08 bits per heavy atom. The number of ether oxygens (including phenoxy) is 1. The minimum absolute atomic E-state index is 0.134. The van der Waals surface area contributed by atoms with Crippen molar-refractivity contribution in [2.75, 3.05) is 31.2 Å². The van der Waals surface area contributed by atoms with Crippen LogP contribution in [0.15, 0.2) is 35.3 Å². The molecule has 0 spiro atoms. The largest absolute Gasteiger partial charge is 0.378 e. The van der Waals surface area contributed by atoms with Gasteiger partial charge in [-0.3, -0.25) is 9.89 Å². The fraction of sp³-hybridized carbons (Fsp3) is 0.333. The minimum atomic E-state index is -0.134. The Bertz CT molecular complexity index is 943. The predicted octanol–water partition coefficient (Wildman–Crippen LogP) is 3.10. The number of thiophene rings is 1. The van der Waals surface area contributed by atoms with Gasteiger partial charge in [-0.25, -0.2) is 0 Å². The first-order valence-electron chi connectivity index (χ1n) is 8.53. The summed E-state index contributed by atoms with van der Waals surface area (Å²) in [6, 6.07) is 7.81. The maximum atomic E-state index is 12.3. The molecule has 1 saturated heterocycles. The van der Waals surface area contributed by atoms with E-state index in [9.17, 15) is 4.79 Å². The molecule has 1 aliphatic rings. The molecule has 0 aliphatic carbocycles. The number of aryl methyl sites for hydroxylation is 2. The number of halogens is 1. The molecule has 0 saturated carbocycles. The van der Waals surface area contributed by atoms with Crippen molar-refractivity contribution in [1.82, 2.24) is 15.2 Å². The molecule has 6 nitrogen and oxygen atoms in total. The summed E-state index contributed by atoms with van der Waals surface area (Å²) in [5.41, 5.74) is 3.10. The summed E-state index contributed by atoms with van der Waals surface area (Å²) < 4.78 is 6.19. The molecule has 3 aromatic heterocycles. The van der Waals surface area contributed by atoms with E-state index in [0.29, 0.717) is 24.5 Å². The van der Waals surface area contributed by atoms with Crippen molar-refractivity contribution in [1.29, 1.82) is 0 Å². The SMILES string of the molecule is O=c1[nH]cc(N2CCOCC2)cc1-c1cc(CCc2ccc(Cl)s2)[nH]n1. The van der Waals surface area contributed by atoms with E-state index < -0.39 is 0 Å². The van der Waals surface area contributed by atoms with Crippen LogP contribution in [0.1, 0.15) is 10.6 Å². The number of morpholine rings is 1. The van der Waals surface area contributed by atoms with Gasteiger partial charge < -0.3 is 14.6 Å². The van der Waals surface area contributed by atoms with Crippen LogP contribution in [0.3, 0.4) is 0 Å². The van der Waals surface area contributed by atoms with Crippen molar-refractivity contribution in [2.45, 2.75) is 12.8 Å². The second-order valence-electron chi connectivity index (χ2n) is 6.18. The van der Waals surface area contributed by atoms with Gasteiger partial charge in [-0.15, -0.1) is 11.3 Å². The van der Waals surface area contributed by atoms with Crippen molar-refractivity contribution in [3.63, 3.8) is 0 Å². The molecular weight excluding hydrogens is 372 g/mol. The molecule has 3 aromatic rings.